The van der Waals surface area contributed by atoms with E-state index < -0.39 is 0 Å². The van der Waals surface area contributed by atoms with Crippen molar-refractivity contribution >= 4 is 0 Å². The number of nitrogens with zero attached hydrogens (tertiary/aromatic N) is 2. The summed E-state index contributed by atoms with van der Waals surface area (Å²) < 4.78 is 0. The fourth-order valence-electron chi connectivity index (χ4n) is 2.91. The lowest BCUT2D eigenvalue weighted by Crippen LogP contribution is -2.46. The quantitative estimate of drug-likeness (QED) is 0.744. The van der Waals surface area contributed by atoms with Gasteiger partial charge >= 0.3 is 0 Å². The van der Waals surface area contributed by atoms with Crippen molar-refractivity contribution in [3.05, 3.63) is 0 Å². The van der Waals surface area contributed by atoms with Gasteiger partial charge in [0.2, 0.25) is 0 Å². The molecule has 1 fully saturated rings. The molecule has 3 unspecified atom stereocenters. The fraction of sp³-hybridized carbons (Fsp3) is 0.933. The molecule has 0 spiro atoms. The summed E-state index contributed by atoms with van der Waals surface area (Å²) in [4.78, 5) is 2.62. The second-order valence-corrected chi connectivity index (χ2v) is 6.65. The van der Waals surface area contributed by atoms with Gasteiger partial charge in [0.05, 0.1) is 11.5 Å². The van der Waals surface area contributed by atoms with E-state index in [0.29, 0.717) is 6.04 Å². The summed E-state index contributed by atoms with van der Waals surface area (Å²) >= 11 is 0. The third kappa shape index (κ3) is 4.32. The zero-order valence-corrected chi connectivity index (χ0v) is 12.2. The molecule has 2 nitrogen and oxygen atoms in total. The maximum absolute atomic E-state index is 9.00. The van der Waals surface area contributed by atoms with Crippen LogP contribution in [0, 0.1) is 28.6 Å². The maximum atomic E-state index is 9.00. The first-order valence-electron chi connectivity index (χ1n) is 7.01. The van der Waals surface area contributed by atoms with E-state index in [1.54, 1.807) is 0 Å². The van der Waals surface area contributed by atoms with Crippen LogP contribution in [0.5, 0.6) is 0 Å². The molecule has 0 bridgehead atoms. The Hall–Kier alpha value is -0.550. The Morgan fingerprint density at radius 3 is 2.53 bits per heavy atom. The lowest BCUT2D eigenvalue weighted by atomic mass is 9.85. The normalized spacial score (nSPS) is 31.2. The molecule has 1 rings (SSSR count). The van der Waals surface area contributed by atoms with Gasteiger partial charge in [0.1, 0.15) is 0 Å². The smallest absolute Gasteiger partial charge is 0.0683 e. The SMILES string of the molecule is CC1CC(C)C(C)N(CCCC(C)(C)C#N)C1. The van der Waals surface area contributed by atoms with Crippen LogP contribution < -0.4 is 0 Å². The average Bonchev–Trinajstić information content (AvgIpc) is 2.24. The maximum Gasteiger partial charge on any atom is 0.0683 e. The van der Waals surface area contributed by atoms with Gasteiger partial charge in [0.15, 0.2) is 0 Å². The molecule has 1 heterocycles. The highest BCUT2D eigenvalue weighted by Crippen LogP contribution is 2.28. The van der Waals surface area contributed by atoms with Crippen molar-refractivity contribution in [2.45, 2.75) is 59.9 Å². The van der Waals surface area contributed by atoms with Gasteiger partial charge in [-0.25, -0.2) is 0 Å². The number of piperidine rings is 1. The van der Waals surface area contributed by atoms with E-state index in [1.807, 2.05) is 13.8 Å². The van der Waals surface area contributed by atoms with Gasteiger partial charge in [0.25, 0.3) is 0 Å². The molecule has 3 atom stereocenters. The number of likely N-dealkylation sites (tertiary alicyclic amines) is 1. The van der Waals surface area contributed by atoms with Crippen molar-refractivity contribution < 1.29 is 0 Å². The van der Waals surface area contributed by atoms with Gasteiger partial charge < -0.3 is 4.90 Å². The van der Waals surface area contributed by atoms with Crippen LogP contribution in [0.4, 0.5) is 0 Å². The fourth-order valence-corrected chi connectivity index (χ4v) is 2.91. The molecule has 0 aromatic heterocycles. The topological polar surface area (TPSA) is 27.0 Å². The van der Waals surface area contributed by atoms with Crippen molar-refractivity contribution in [2.24, 2.45) is 17.3 Å². The summed E-state index contributed by atoms with van der Waals surface area (Å²) in [6.07, 6.45) is 3.52. The van der Waals surface area contributed by atoms with Crippen molar-refractivity contribution in [1.82, 2.24) is 4.90 Å². The average molecular weight is 236 g/mol. The first-order valence-corrected chi connectivity index (χ1v) is 7.01. The Morgan fingerprint density at radius 2 is 1.94 bits per heavy atom. The van der Waals surface area contributed by atoms with Crippen molar-refractivity contribution in [3.8, 4) is 6.07 Å². The molecule has 0 saturated carbocycles. The van der Waals surface area contributed by atoms with Crippen LogP contribution >= 0.6 is 0 Å². The first kappa shape index (κ1) is 14.5. The van der Waals surface area contributed by atoms with Gasteiger partial charge in [-0.15, -0.1) is 0 Å². The van der Waals surface area contributed by atoms with Crippen LogP contribution in [0.25, 0.3) is 0 Å². The molecular formula is C15H28N2. The molecular weight excluding hydrogens is 208 g/mol. The molecule has 0 aliphatic carbocycles. The Morgan fingerprint density at radius 1 is 1.29 bits per heavy atom. The van der Waals surface area contributed by atoms with E-state index in [9.17, 15) is 0 Å². The van der Waals surface area contributed by atoms with E-state index in [0.717, 1.165) is 31.2 Å². The van der Waals surface area contributed by atoms with Crippen LogP contribution in [0.15, 0.2) is 0 Å². The minimum absolute atomic E-state index is 0.156. The number of nitriles is 1. The monoisotopic (exact) mass is 236 g/mol. The Bertz CT molecular complexity index is 277. The second-order valence-electron chi connectivity index (χ2n) is 6.65. The van der Waals surface area contributed by atoms with E-state index >= 15 is 0 Å². The molecule has 0 radical (unpaired) electrons. The molecule has 1 saturated heterocycles. The number of rotatable bonds is 4. The van der Waals surface area contributed by atoms with Gasteiger partial charge in [0, 0.05) is 12.6 Å². The minimum Gasteiger partial charge on any atom is -0.300 e. The van der Waals surface area contributed by atoms with Crippen LogP contribution in [0.1, 0.15) is 53.9 Å². The van der Waals surface area contributed by atoms with Crippen molar-refractivity contribution in [1.29, 1.82) is 5.26 Å². The van der Waals surface area contributed by atoms with Crippen LogP contribution in [0.3, 0.4) is 0 Å². The van der Waals surface area contributed by atoms with E-state index in [2.05, 4.69) is 31.7 Å². The first-order chi connectivity index (χ1) is 7.85. The largest absolute Gasteiger partial charge is 0.300 e. The lowest BCUT2D eigenvalue weighted by molar-refractivity contribution is 0.0764. The Kier molecular flexibility index (Phi) is 5.01. The molecule has 1 aliphatic heterocycles. The summed E-state index contributed by atoms with van der Waals surface area (Å²) in [7, 11) is 0. The zero-order chi connectivity index (χ0) is 13.1. The summed E-state index contributed by atoms with van der Waals surface area (Å²) in [6.45, 7) is 13.5. The highest BCUT2D eigenvalue weighted by molar-refractivity contribution is 4.92. The lowest BCUT2D eigenvalue weighted by Gasteiger charge is -2.41. The molecule has 0 amide bonds. The van der Waals surface area contributed by atoms with Gasteiger partial charge in [-0.05, 0) is 58.4 Å². The molecule has 2 heteroatoms. The predicted molar refractivity (Wildman–Crippen MR) is 72.6 cm³/mol. The van der Waals surface area contributed by atoms with Gasteiger partial charge in [-0.2, -0.15) is 5.26 Å². The zero-order valence-electron chi connectivity index (χ0n) is 12.2. The van der Waals surface area contributed by atoms with E-state index in [1.165, 1.54) is 13.0 Å². The highest BCUT2D eigenvalue weighted by atomic mass is 15.2. The number of hydrogen-bond acceptors (Lipinski definition) is 2. The summed E-state index contributed by atoms with van der Waals surface area (Å²) in [5.41, 5.74) is -0.156. The van der Waals surface area contributed by atoms with Crippen molar-refractivity contribution in [2.75, 3.05) is 13.1 Å². The third-order valence-electron chi connectivity index (χ3n) is 4.27. The highest BCUT2D eigenvalue weighted by Gasteiger charge is 2.28. The standard InChI is InChI=1S/C15H28N2/c1-12-9-13(2)14(3)17(10-12)8-6-7-15(4,5)11-16/h12-14H,6-10H2,1-5H3. The summed E-state index contributed by atoms with van der Waals surface area (Å²) in [5.74, 6) is 1.63. The summed E-state index contributed by atoms with van der Waals surface area (Å²) in [5, 5.41) is 9.00. The molecule has 0 aromatic carbocycles. The molecule has 17 heavy (non-hydrogen) atoms. The Balaban J connectivity index is 2.38. The van der Waals surface area contributed by atoms with Crippen LogP contribution in [-0.4, -0.2) is 24.0 Å². The Labute approximate surface area is 107 Å². The van der Waals surface area contributed by atoms with Crippen molar-refractivity contribution in [3.63, 3.8) is 0 Å². The van der Waals surface area contributed by atoms with E-state index in [-0.39, 0.29) is 5.41 Å². The number of hydrogen-bond donors (Lipinski definition) is 0. The van der Waals surface area contributed by atoms with Gasteiger partial charge in [-0.1, -0.05) is 13.8 Å². The summed E-state index contributed by atoms with van der Waals surface area (Å²) in [6, 6.07) is 3.09. The molecule has 98 valence electrons. The molecule has 0 N–H and O–H groups in total. The van der Waals surface area contributed by atoms with Crippen LogP contribution in [0.2, 0.25) is 0 Å². The molecule has 1 aliphatic rings. The minimum atomic E-state index is -0.156. The predicted octanol–water partition coefficient (Wildman–Crippen LogP) is 3.68. The van der Waals surface area contributed by atoms with Gasteiger partial charge in [-0.3, -0.25) is 0 Å². The third-order valence-corrected chi connectivity index (χ3v) is 4.27. The second kappa shape index (κ2) is 5.87. The van der Waals surface area contributed by atoms with E-state index in [4.69, 9.17) is 5.26 Å². The van der Waals surface area contributed by atoms with Crippen LogP contribution in [-0.2, 0) is 0 Å². The molecule has 0 aromatic rings.